The van der Waals surface area contributed by atoms with Gasteiger partial charge in [0, 0.05) is 13.2 Å². The number of rotatable bonds is 17. The van der Waals surface area contributed by atoms with Crippen molar-refractivity contribution in [1.82, 2.24) is 0 Å². The van der Waals surface area contributed by atoms with E-state index in [0.717, 1.165) is 51.4 Å². The smallest absolute Gasteiger partial charge is 0.272 e. The van der Waals surface area contributed by atoms with Crippen LogP contribution in [0.2, 0.25) is 0 Å². The average Bonchev–Trinajstić information content (AvgIpc) is 2.58. The highest BCUT2D eigenvalue weighted by Crippen LogP contribution is 2.15. The Morgan fingerprint density at radius 2 is 1.16 bits per heavy atom. The monoisotopic (exact) mass is 380 g/mol. The molecule has 0 radical (unpaired) electrons. The van der Waals surface area contributed by atoms with Crippen LogP contribution in [0, 0.1) is 11.8 Å². The predicted octanol–water partition coefficient (Wildman–Crippen LogP) is 4.71. The fourth-order valence-corrected chi connectivity index (χ4v) is 3.28. The predicted molar refractivity (Wildman–Crippen MR) is 104 cm³/mol. The van der Waals surface area contributed by atoms with Gasteiger partial charge in [-0.2, -0.15) is 8.42 Å². The van der Waals surface area contributed by atoms with Gasteiger partial charge in [0.05, 0.1) is 13.2 Å². The molecule has 0 aromatic carbocycles. The summed E-state index contributed by atoms with van der Waals surface area (Å²) in [7, 11) is -4.16. The van der Waals surface area contributed by atoms with Gasteiger partial charge in [-0.1, -0.05) is 66.2 Å². The van der Waals surface area contributed by atoms with Crippen molar-refractivity contribution < 1.29 is 22.4 Å². The Morgan fingerprint density at radius 1 is 0.760 bits per heavy atom. The average molecular weight is 381 g/mol. The SMILES string of the molecule is CCCCC(CC)COCC(COCC(CC)CCCC)S(=O)(=O)O. The molecule has 0 spiro atoms. The summed E-state index contributed by atoms with van der Waals surface area (Å²) in [5.74, 6) is 0.892. The number of hydrogen-bond acceptors (Lipinski definition) is 4. The molecule has 0 aliphatic heterocycles. The van der Waals surface area contributed by atoms with Crippen LogP contribution in [0.5, 0.6) is 0 Å². The van der Waals surface area contributed by atoms with E-state index < -0.39 is 15.4 Å². The molecule has 2 unspecified atom stereocenters. The normalized spacial score (nSPS) is 15.9. The molecule has 0 rings (SSSR count). The van der Waals surface area contributed by atoms with Crippen molar-refractivity contribution in [3.63, 3.8) is 0 Å². The molecule has 0 heterocycles. The van der Waals surface area contributed by atoms with Crippen LogP contribution in [0.1, 0.15) is 79.1 Å². The van der Waals surface area contributed by atoms with E-state index in [0.29, 0.717) is 25.0 Å². The van der Waals surface area contributed by atoms with Gasteiger partial charge >= 0.3 is 0 Å². The summed E-state index contributed by atoms with van der Waals surface area (Å²) < 4.78 is 43.7. The van der Waals surface area contributed by atoms with E-state index in [1.165, 1.54) is 0 Å². The molecule has 0 aromatic rings. The van der Waals surface area contributed by atoms with Crippen molar-refractivity contribution in [2.75, 3.05) is 26.4 Å². The van der Waals surface area contributed by atoms with Crippen molar-refractivity contribution >= 4 is 10.1 Å². The minimum atomic E-state index is -4.16. The highest BCUT2D eigenvalue weighted by molar-refractivity contribution is 7.86. The van der Waals surface area contributed by atoms with E-state index in [2.05, 4.69) is 27.7 Å². The third-order valence-electron chi connectivity index (χ3n) is 4.82. The Hall–Kier alpha value is -0.170. The van der Waals surface area contributed by atoms with E-state index in [-0.39, 0.29) is 13.2 Å². The van der Waals surface area contributed by atoms with Crippen LogP contribution in [0.25, 0.3) is 0 Å². The van der Waals surface area contributed by atoms with Crippen LogP contribution in [-0.4, -0.2) is 44.6 Å². The second-order valence-corrected chi connectivity index (χ2v) is 8.74. The highest BCUT2D eigenvalue weighted by atomic mass is 32.2. The summed E-state index contributed by atoms with van der Waals surface area (Å²) in [5, 5.41) is -1.00. The third kappa shape index (κ3) is 12.8. The van der Waals surface area contributed by atoms with Crippen LogP contribution in [-0.2, 0) is 19.6 Å². The maximum atomic E-state index is 11.6. The molecule has 0 bridgehead atoms. The minimum Gasteiger partial charge on any atom is -0.380 e. The van der Waals surface area contributed by atoms with Gasteiger partial charge in [-0.15, -0.1) is 0 Å². The number of ether oxygens (including phenoxy) is 2. The molecule has 0 fully saturated rings. The summed E-state index contributed by atoms with van der Waals surface area (Å²) in [4.78, 5) is 0. The lowest BCUT2D eigenvalue weighted by Gasteiger charge is -2.20. The lowest BCUT2D eigenvalue weighted by Crippen LogP contribution is -2.32. The largest absolute Gasteiger partial charge is 0.380 e. The standard InChI is InChI=1S/C19H40O5S/c1-5-9-11-17(7-3)13-23-15-19(25(20,21)22)16-24-14-18(8-4)12-10-6-2/h17-19H,5-16H2,1-4H3,(H,20,21,22). The van der Waals surface area contributed by atoms with E-state index in [9.17, 15) is 13.0 Å². The molecule has 152 valence electrons. The molecule has 0 aliphatic rings. The molecule has 0 aliphatic carbocycles. The zero-order valence-electron chi connectivity index (χ0n) is 16.7. The van der Waals surface area contributed by atoms with Gasteiger partial charge in [-0.05, 0) is 24.7 Å². The van der Waals surface area contributed by atoms with E-state index >= 15 is 0 Å². The number of unbranched alkanes of at least 4 members (excludes halogenated alkanes) is 2. The first kappa shape index (κ1) is 24.8. The third-order valence-corrected chi connectivity index (χ3v) is 5.94. The van der Waals surface area contributed by atoms with Crippen molar-refractivity contribution in [1.29, 1.82) is 0 Å². The zero-order chi connectivity index (χ0) is 19.1. The van der Waals surface area contributed by atoms with Crippen LogP contribution < -0.4 is 0 Å². The molecule has 6 heteroatoms. The van der Waals surface area contributed by atoms with Crippen LogP contribution >= 0.6 is 0 Å². The molecule has 5 nitrogen and oxygen atoms in total. The zero-order valence-corrected chi connectivity index (χ0v) is 17.5. The Kier molecular flexibility index (Phi) is 14.8. The fourth-order valence-electron chi connectivity index (χ4n) is 2.75. The Morgan fingerprint density at radius 3 is 1.44 bits per heavy atom. The van der Waals surface area contributed by atoms with Gasteiger partial charge in [0.15, 0.2) is 0 Å². The van der Waals surface area contributed by atoms with Gasteiger partial charge in [-0.3, -0.25) is 4.55 Å². The Balaban J connectivity index is 4.29. The van der Waals surface area contributed by atoms with Crippen molar-refractivity contribution in [3.8, 4) is 0 Å². The maximum Gasteiger partial charge on any atom is 0.272 e. The first-order valence-corrected chi connectivity index (χ1v) is 11.5. The number of hydrogen-bond donors (Lipinski definition) is 1. The molecule has 25 heavy (non-hydrogen) atoms. The molecule has 0 aromatic heterocycles. The summed E-state index contributed by atoms with van der Waals surface area (Å²) >= 11 is 0. The Bertz CT molecular complexity index is 375. The fraction of sp³-hybridized carbons (Fsp3) is 1.00. The molecule has 2 atom stereocenters. The second-order valence-electron chi connectivity index (χ2n) is 7.04. The second kappa shape index (κ2) is 14.9. The van der Waals surface area contributed by atoms with Crippen molar-refractivity contribution in [3.05, 3.63) is 0 Å². The van der Waals surface area contributed by atoms with Crippen LogP contribution in [0.4, 0.5) is 0 Å². The summed E-state index contributed by atoms with van der Waals surface area (Å²) in [6, 6.07) is 0. The van der Waals surface area contributed by atoms with Crippen molar-refractivity contribution in [2.24, 2.45) is 11.8 Å². The molecule has 0 saturated carbocycles. The topological polar surface area (TPSA) is 72.8 Å². The van der Waals surface area contributed by atoms with Crippen LogP contribution in [0.3, 0.4) is 0 Å². The molecule has 0 saturated heterocycles. The summed E-state index contributed by atoms with van der Waals surface area (Å²) in [6.07, 6.45) is 8.82. The molecular weight excluding hydrogens is 340 g/mol. The first-order valence-electron chi connectivity index (χ1n) is 10.0. The molecular formula is C19H40O5S. The van der Waals surface area contributed by atoms with Gasteiger partial charge in [0.2, 0.25) is 0 Å². The van der Waals surface area contributed by atoms with Gasteiger partial charge in [-0.25, -0.2) is 0 Å². The van der Waals surface area contributed by atoms with E-state index in [1.54, 1.807) is 0 Å². The Labute approximate surface area is 155 Å². The maximum absolute atomic E-state index is 11.6. The van der Waals surface area contributed by atoms with Gasteiger partial charge < -0.3 is 9.47 Å². The molecule has 1 N–H and O–H groups in total. The van der Waals surface area contributed by atoms with Crippen LogP contribution in [0.15, 0.2) is 0 Å². The van der Waals surface area contributed by atoms with E-state index in [1.807, 2.05) is 0 Å². The van der Waals surface area contributed by atoms with Gasteiger partial charge in [0.1, 0.15) is 5.25 Å². The van der Waals surface area contributed by atoms with Gasteiger partial charge in [0.25, 0.3) is 10.1 Å². The highest BCUT2D eigenvalue weighted by Gasteiger charge is 2.24. The lowest BCUT2D eigenvalue weighted by molar-refractivity contribution is 0.0515. The quantitative estimate of drug-likeness (QED) is 0.370. The lowest BCUT2D eigenvalue weighted by atomic mass is 10.0. The minimum absolute atomic E-state index is 0.00674. The van der Waals surface area contributed by atoms with E-state index in [4.69, 9.17) is 9.47 Å². The summed E-state index contributed by atoms with van der Waals surface area (Å²) in [6.45, 7) is 9.61. The summed E-state index contributed by atoms with van der Waals surface area (Å²) in [5.41, 5.74) is 0. The molecule has 0 amide bonds. The first-order chi connectivity index (χ1) is 11.9. The van der Waals surface area contributed by atoms with Crippen molar-refractivity contribution in [2.45, 2.75) is 84.3 Å².